The van der Waals surface area contributed by atoms with E-state index in [1.54, 1.807) is 0 Å². The molecule has 0 amide bonds. The van der Waals surface area contributed by atoms with Gasteiger partial charge in [-0.25, -0.2) is 0 Å². The summed E-state index contributed by atoms with van der Waals surface area (Å²) in [6, 6.07) is 0. The van der Waals surface area contributed by atoms with Crippen molar-refractivity contribution in [1.82, 2.24) is 10.2 Å². The van der Waals surface area contributed by atoms with Crippen LogP contribution >= 0.6 is 0 Å². The lowest BCUT2D eigenvalue weighted by molar-refractivity contribution is 0.0174. The molecule has 0 aliphatic carbocycles. The minimum atomic E-state index is 0.282. The van der Waals surface area contributed by atoms with E-state index in [0.717, 1.165) is 13.2 Å². The summed E-state index contributed by atoms with van der Waals surface area (Å²) in [6.45, 7) is 13.9. The maximum atomic E-state index is 5.75. The van der Waals surface area contributed by atoms with Crippen molar-refractivity contribution in [1.29, 1.82) is 0 Å². The number of nitrogens with one attached hydrogen (secondary N) is 1. The summed E-state index contributed by atoms with van der Waals surface area (Å²) in [7, 11) is 0. The molecule has 2 rings (SSSR count). The predicted octanol–water partition coefficient (Wildman–Crippen LogP) is 3.19. The van der Waals surface area contributed by atoms with Crippen molar-refractivity contribution < 1.29 is 4.74 Å². The maximum Gasteiger partial charge on any atom is 0.0576 e. The smallest absolute Gasteiger partial charge is 0.0576 e. The third-order valence-electron chi connectivity index (χ3n) is 5.58. The van der Waals surface area contributed by atoms with Gasteiger partial charge in [0.25, 0.3) is 0 Å². The van der Waals surface area contributed by atoms with Gasteiger partial charge in [0.15, 0.2) is 0 Å². The normalized spacial score (nSPS) is 29.7. The molecule has 0 saturated carbocycles. The molecule has 1 N–H and O–H groups in total. The molecule has 2 saturated heterocycles. The van der Waals surface area contributed by atoms with Crippen LogP contribution in [0, 0.1) is 0 Å². The Bertz CT molecular complexity index is 293. The summed E-state index contributed by atoms with van der Waals surface area (Å²) in [5.41, 5.74) is 0.615. The quantitative estimate of drug-likeness (QED) is 0.810. The Morgan fingerprint density at radius 3 is 2.60 bits per heavy atom. The standard InChI is InChI=1S/C17H34N2O/c1-5-17(6-2)14-19(16(3,4)13-18-17)11-7-9-15-10-8-12-20-15/h15,18H,5-14H2,1-4H3. The first kappa shape index (κ1) is 16.3. The molecule has 2 fully saturated rings. The molecule has 0 aromatic heterocycles. The molecule has 1 atom stereocenters. The van der Waals surface area contributed by atoms with Crippen LogP contribution in [0.15, 0.2) is 0 Å². The van der Waals surface area contributed by atoms with E-state index in [9.17, 15) is 0 Å². The molecule has 20 heavy (non-hydrogen) atoms. The minimum Gasteiger partial charge on any atom is -0.378 e. The fourth-order valence-corrected chi connectivity index (χ4v) is 3.64. The molecule has 3 heteroatoms. The third kappa shape index (κ3) is 3.75. The van der Waals surface area contributed by atoms with Gasteiger partial charge in [0.1, 0.15) is 0 Å². The lowest BCUT2D eigenvalue weighted by atomic mass is 9.84. The van der Waals surface area contributed by atoms with Gasteiger partial charge in [0.05, 0.1) is 6.10 Å². The lowest BCUT2D eigenvalue weighted by Crippen LogP contribution is -2.67. The monoisotopic (exact) mass is 282 g/mol. The molecule has 2 heterocycles. The highest BCUT2D eigenvalue weighted by atomic mass is 16.5. The molecule has 0 aromatic carbocycles. The molecule has 2 aliphatic rings. The maximum absolute atomic E-state index is 5.75. The molecule has 0 spiro atoms. The number of rotatable bonds is 6. The zero-order valence-electron chi connectivity index (χ0n) is 14.0. The van der Waals surface area contributed by atoms with Crippen molar-refractivity contribution >= 4 is 0 Å². The summed E-state index contributed by atoms with van der Waals surface area (Å²) in [6.07, 6.45) is 8.05. The largest absolute Gasteiger partial charge is 0.378 e. The van der Waals surface area contributed by atoms with Crippen molar-refractivity contribution in [3.8, 4) is 0 Å². The molecule has 0 radical (unpaired) electrons. The van der Waals surface area contributed by atoms with E-state index < -0.39 is 0 Å². The van der Waals surface area contributed by atoms with E-state index >= 15 is 0 Å². The van der Waals surface area contributed by atoms with Crippen LogP contribution < -0.4 is 5.32 Å². The summed E-state index contributed by atoms with van der Waals surface area (Å²) in [5.74, 6) is 0. The van der Waals surface area contributed by atoms with Gasteiger partial charge in [-0.3, -0.25) is 4.90 Å². The number of nitrogens with zero attached hydrogens (tertiary/aromatic N) is 1. The van der Waals surface area contributed by atoms with Crippen molar-refractivity contribution in [2.45, 2.75) is 83.4 Å². The summed E-state index contributed by atoms with van der Waals surface area (Å²) >= 11 is 0. The van der Waals surface area contributed by atoms with Crippen molar-refractivity contribution in [3.63, 3.8) is 0 Å². The van der Waals surface area contributed by atoms with Gasteiger partial charge >= 0.3 is 0 Å². The van der Waals surface area contributed by atoms with Crippen LogP contribution in [0.1, 0.15) is 66.2 Å². The average Bonchev–Trinajstić information content (AvgIpc) is 2.94. The van der Waals surface area contributed by atoms with Gasteiger partial charge in [-0.1, -0.05) is 13.8 Å². The highest BCUT2D eigenvalue weighted by Crippen LogP contribution is 2.28. The van der Waals surface area contributed by atoms with Crippen LogP contribution in [-0.4, -0.2) is 48.3 Å². The van der Waals surface area contributed by atoms with Crippen LogP contribution in [0.25, 0.3) is 0 Å². The molecule has 0 bridgehead atoms. The summed E-state index contributed by atoms with van der Waals surface area (Å²) in [4.78, 5) is 2.71. The Morgan fingerprint density at radius 2 is 2.00 bits per heavy atom. The van der Waals surface area contributed by atoms with Crippen molar-refractivity contribution in [2.75, 3.05) is 26.2 Å². The molecule has 1 unspecified atom stereocenters. The molecular weight excluding hydrogens is 248 g/mol. The Balaban J connectivity index is 1.85. The summed E-state index contributed by atoms with van der Waals surface area (Å²) < 4.78 is 5.75. The van der Waals surface area contributed by atoms with E-state index in [-0.39, 0.29) is 5.54 Å². The Morgan fingerprint density at radius 1 is 1.25 bits per heavy atom. The first-order chi connectivity index (χ1) is 9.51. The predicted molar refractivity (Wildman–Crippen MR) is 85.2 cm³/mol. The molecule has 3 nitrogen and oxygen atoms in total. The zero-order chi connectivity index (χ0) is 14.6. The average molecular weight is 282 g/mol. The number of hydrogen-bond donors (Lipinski definition) is 1. The molecule has 2 aliphatic heterocycles. The van der Waals surface area contributed by atoms with Gasteiger partial charge in [0, 0.05) is 30.8 Å². The lowest BCUT2D eigenvalue weighted by Gasteiger charge is -2.52. The van der Waals surface area contributed by atoms with Gasteiger partial charge in [-0.2, -0.15) is 0 Å². The number of hydrogen-bond acceptors (Lipinski definition) is 3. The van der Waals surface area contributed by atoms with Crippen LogP contribution in [-0.2, 0) is 4.74 Å². The highest BCUT2D eigenvalue weighted by Gasteiger charge is 2.40. The zero-order valence-corrected chi connectivity index (χ0v) is 14.0. The van der Waals surface area contributed by atoms with Crippen LogP contribution in [0.4, 0.5) is 0 Å². The Kier molecular flexibility index (Phi) is 5.49. The van der Waals surface area contributed by atoms with Crippen molar-refractivity contribution in [2.24, 2.45) is 0 Å². The van der Waals surface area contributed by atoms with E-state index in [1.807, 2.05) is 0 Å². The second-order valence-corrected chi connectivity index (χ2v) is 7.35. The molecule has 118 valence electrons. The van der Waals surface area contributed by atoms with Gasteiger partial charge in [0.2, 0.25) is 0 Å². The topological polar surface area (TPSA) is 24.5 Å². The van der Waals surface area contributed by atoms with E-state index in [0.29, 0.717) is 11.6 Å². The van der Waals surface area contributed by atoms with E-state index in [1.165, 1.54) is 51.6 Å². The fourth-order valence-electron chi connectivity index (χ4n) is 3.64. The van der Waals surface area contributed by atoms with Gasteiger partial charge in [-0.15, -0.1) is 0 Å². The Labute approximate surface area is 125 Å². The number of piperazine rings is 1. The van der Waals surface area contributed by atoms with Gasteiger partial charge in [-0.05, 0) is 58.9 Å². The summed E-state index contributed by atoms with van der Waals surface area (Å²) in [5, 5.41) is 3.82. The second-order valence-electron chi connectivity index (χ2n) is 7.35. The first-order valence-corrected chi connectivity index (χ1v) is 8.63. The molecule has 0 aromatic rings. The van der Waals surface area contributed by atoms with Gasteiger partial charge < -0.3 is 10.1 Å². The van der Waals surface area contributed by atoms with Crippen LogP contribution in [0.2, 0.25) is 0 Å². The molecular formula is C17H34N2O. The second kappa shape index (κ2) is 6.76. The first-order valence-electron chi connectivity index (χ1n) is 8.63. The third-order valence-corrected chi connectivity index (χ3v) is 5.58. The van der Waals surface area contributed by atoms with E-state index in [4.69, 9.17) is 4.74 Å². The van der Waals surface area contributed by atoms with Crippen molar-refractivity contribution in [3.05, 3.63) is 0 Å². The minimum absolute atomic E-state index is 0.282. The SMILES string of the molecule is CCC1(CC)CN(CCCC2CCCO2)C(C)(C)CN1. The van der Waals surface area contributed by atoms with Crippen LogP contribution in [0.5, 0.6) is 0 Å². The van der Waals surface area contributed by atoms with E-state index in [2.05, 4.69) is 37.9 Å². The Hall–Kier alpha value is -0.120. The highest BCUT2D eigenvalue weighted by molar-refractivity contribution is 5.00. The number of ether oxygens (including phenoxy) is 1. The fraction of sp³-hybridized carbons (Fsp3) is 1.00. The van der Waals surface area contributed by atoms with Crippen LogP contribution in [0.3, 0.4) is 0 Å².